The van der Waals surface area contributed by atoms with Gasteiger partial charge >= 0.3 is 6.09 Å². The number of aromatic nitrogens is 1. The molecule has 160 valence electrons. The summed E-state index contributed by atoms with van der Waals surface area (Å²) in [6, 6.07) is 2.56. The number of nitrogen functional groups attached to an aromatic ring is 1. The molecule has 3 atom stereocenters. The number of carbonyl (C=O) groups excluding carboxylic acids is 1. The molecule has 0 bridgehead atoms. The number of nitrogens with zero attached hydrogens (tertiary/aromatic N) is 3. The van der Waals surface area contributed by atoms with Crippen LogP contribution < -0.4 is 11.1 Å². The second-order valence-corrected chi connectivity index (χ2v) is 11.6. The molecule has 0 radical (unpaired) electrons. The van der Waals surface area contributed by atoms with E-state index in [4.69, 9.17) is 10.5 Å². The van der Waals surface area contributed by atoms with Gasteiger partial charge in [0.1, 0.15) is 39.1 Å². The Morgan fingerprint density at radius 3 is 2.69 bits per heavy atom. The first kappa shape index (κ1) is 21.5. The lowest BCUT2D eigenvalue weighted by molar-refractivity contribution is 0.0560. The van der Waals surface area contributed by atoms with E-state index in [1.165, 1.54) is 12.1 Å². The van der Waals surface area contributed by atoms with Crippen molar-refractivity contribution in [1.82, 2.24) is 10.3 Å². The first-order valence-electron chi connectivity index (χ1n) is 9.51. The van der Waals surface area contributed by atoms with Crippen molar-refractivity contribution in [3.63, 3.8) is 0 Å². The van der Waals surface area contributed by atoms with Crippen LogP contribution in [-0.4, -0.2) is 43.8 Å². The Morgan fingerprint density at radius 1 is 1.34 bits per heavy atom. The van der Waals surface area contributed by atoms with Crippen LogP contribution in [-0.2, 0) is 20.0 Å². The maximum atomic E-state index is 14.6. The SMILES string of the molecule is CC(C)(C)OC(=O)NC1=N[C@](C)(c2nc(N)ccc2F)CS2(=O)=NCCC[C@@]12C. The zero-order valence-electron chi connectivity index (χ0n) is 17.4. The maximum Gasteiger partial charge on any atom is 0.413 e. The molecule has 3 rings (SSSR count). The third-order valence-corrected chi connectivity index (χ3v) is 8.51. The van der Waals surface area contributed by atoms with Crippen molar-refractivity contribution in [1.29, 1.82) is 0 Å². The predicted molar refractivity (Wildman–Crippen MR) is 111 cm³/mol. The lowest BCUT2D eigenvalue weighted by Gasteiger charge is -2.44. The van der Waals surface area contributed by atoms with E-state index >= 15 is 0 Å². The van der Waals surface area contributed by atoms with Gasteiger partial charge in [0.25, 0.3) is 0 Å². The third kappa shape index (κ3) is 3.94. The third-order valence-electron chi connectivity index (χ3n) is 5.15. The zero-order valence-corrected chi connectivity index (χ0v) is 18.2. The molecule has 3 heterocycles. The molecular formula is C19H28FN5O3S. The highest BCUT2D eigenvalue weighted by molar-refractivity contribution is 7.95. The molecule has 2 aliphatic rings. The topological polar surface area (TPSA) is 119 Å². The number of hydrogen-bond acceptors (Lipinski definition) is 7. The lowest BCUT2D eigenvalue weighted by Crippen LogP contribution is -2.60. The quantitative estimate of drug-likeness (QED) is 0.717. The van der Waals surface area contributed by atoms with E-state index in [1.807, 2.05) is 0 Å². The normalized spacial score (nSPS) is 31.9. The van der Waals surface area contributed by atoms with Crippen LogP contribution in [0.4, 0.5) is 15.0 Å². The average molecular weight is 426 g/mol. The van der Waals surface area contributed by atoms with Crippen molar-refractivity contribution in [2.45, 2.75) is 63.3 Å². The fraction of sp³-hybridized carbons (Fsp3) is 0.632. The van der Waals surface area contributed by atoms with Crippen LogP contribution in [0, 0.1) is 5.82 Å². The number of halogens is 1. The van der Waals surface area contributed by atoms with Crippen LogP contribution in [0.15, 0.2) is 21.5 Å². The summed E-state index contributed by atoms with van der Waals surface area (Å²) in [7, 11) is -2.88. The van der Waals surface area contributed by atoms with E-state index in [0.717, 1.165) is 0 Å². The molecule has 3 N–H and O–H groups in total. The number of nitrogens with two attached hydrogens (primary N) is 1. The minimum atomic E-state index is -2.88. The van der Waals surface area contributed by atoms with E-state index < -0.39 is 37.5 Å². The molecule has 8 nitrogen and oxygen atoms in total. The highest BCUT2D eigenvalue weighted by Gasteiger charge is 2.53. The van der Waals surface area contributed by atoms with Gasteiger partial charge in [-0.3, -0.25) is 10.3 Å². The van der Waals surface area contributed by atoms with Gasteiger partial charge in [0.2, 0.25) is 0 Å². The molecule has 1 unspecified atom stereocenters. The molecule has 0 spiro atoms. The number of aliphatic imine (C=N–C) groups is 1. The Bertz CT molecular complexity index is 996. The van der Waals surface area contributed by atoms with Crippen LogP contribution in [0.2, 0.25) is 0 Å². The summed E-state index contributed by atoms with van der Waals surface area (Å²) in [4.78, 5) is 21.3. The van der Waals surface area contributed by atoms with E-state index in [0.29, 0.717) is 19.4 Å². The van der Waals surface area contributed by atoms with E-state index in [-0.39, 0.29) is 23.1 Å². The van der Waals surface area contributed by atoms with Crippen molar-refractivity contribution in [3.05, 3.63) is 23.6 Å². The van der Waals surface area contributed by atoms with Crippen LogP contribution in [0.1, 0.15) is 53.2 Å². The van der Waals surface area contributed by atoms with Gasteiger partial charge in [0.15, 0.2) is 0 Å². The molecule has 10 heteroatoms. The highest BCUT2D eigenvalue weighted by Crippen LogP contribution is 2.42. The summed E-state index contributed by atoms with van der Waals surface area (Å²) >= 11 is 0. The van der Waals surface area contributed by atoms with Crippen molar-refractivity contribution >= 4 is 27.5 Å². The minimum absolute atomic E-state index is 0.0105. The fourth-order valence-electron chi connectivity index (χ4n) is 3.70. The molecular weight excluding hydrogens is 397 g/mol. The number of alkyl carbamates (subject to hydrolysis) is 1. The minimum Gasteiger partial charge on any atom is -0.444 e. The summed E-state index contributed by atoms with van der Waals surface area (Å²) < 4.78 is 37.4. The largest absolute Gasteiger partial charge is 0.444 e. The molecule has 0 saturated carbocycles. The van der Waals surface area contributed by atoms with Gasteiger partial charge in [-0.25, -0.2) is 22.7 Å². The Labute approximate surface area is 170 Å². The van der Waals surface area contributed by atoms with Crippen molar-refractivity contribution in [2.75, 3.05) is 18.0 Å². The number of pyridine rings is 1. The number of rotatable bonds is 1. The Balaban J connectivity index is 2.15. The predicted octanol–water partition coefficient (Wildman–Crippen LogP) is 2.98. The van der Waals surface area contributed by atoms with Gasteiger partial charge in [-0.05, 0) is 59.6 Å². The van der Waals surface area contributed by atoms with Gasteiger partial charge in [0, 0.05) is 6.54 Å². The smallest absolute Gasteiger partial charge is 0.413 e. The second-order valence-electron chi connectivity index (χ2n) is 8.90. The monoisotopic (exact) mass is 425 g/mol. The molecule has 29 heavy (non-hydrogen) atoms. The van der Waals surface area contributed by atoms with Gasteiger partial charge in [-0.1, -0.05) is 0 Å². The average Bonchev–Trinajstić information content (AvgIpc) is 2.56. The lowest BCUT2D eigenvalue weighted by atomic mass is 9.96. The number of ether oxygens (including phenoxy) is 1. The van der Waals surface area contributed by atoms with Gasteiger partial charge in [0.05, 0.1) is 15.5 Å². The Kier molecular flexibility index (Phi) is 5.13. The molecule has 1 amide bonds. The van der Waals surface area contributed by atoms with Crippen LogP contribution >= 0.6 is 0 Å². The first-order chi connectivity index (χ1) is 13.3. The fourth-order valence-corrected chi connectivity index (χ4v) is 6.64. The van der Waals surface area contributed by atoms with E-state index in [9.17, 15) is 13.4 Å². The van der Waals surface area contributed by atoms with Crippen LogP contribution in [0.25, 0.3) is 0 Å². The number of fused-ring (bicyclic) bond motifs is 1. The zero-order chi connectivity index (χ0) is 21.7. The standard InChI is InChI=1S/C19H28FN5O3S/c1-17(2,3)28-16(26)24-15-19(5)9-6-10-22-29(19,27)11-18(4,25-15)14-12(20)7-8-13(21)23-14/h7-8H,6,9-11H2,1-5H3,(H2,21,23)(H,24,25,26)/t18-,19-,29?/m0/s1. The van der Waals surface area contributed by atoms with Crippen LogP contribution in [0.3, 0.4) is 0 Å². The molecule has 2 aliphatic heterocycles. The number of nitrogens with one attached hydrogen (secondary N) is 1. The number of amidine groups is 1. The van der Waals surface area contributed by atoms with Gasteiger partial charge in [-0.15, -0.1) is 0 Å². The highest BCUT2D eigenvalue weighted by atomic mass is 32.2. The Hall–Kier alpha value is -2.23. The molecule has 1 aromatic heterocycles. The Morgan fingerprint density at radius 2 is 2.03 bits per heavy atom. The van der Waals surface area contributed by atoms with Crippen LogP contribution in [0.5, 0.6) is 0 Å². The summed E-state index contributed by atoms with van der Waals surface area (Å²) in [5.41, 5.74) is 3.71. The summed E-state index contributed by atoms with van der Waals surface area (Å²) in [6.07, 6.45) is 0.534. The first-order valence-corrected chi connectivity index (χ1v) is 11.2. The van der Waals surface area contributed by atoms with Gasteiger partial charge in [-0.2, -0.15) is 0 Å². The number of hydrogen-bond donors (Lipinski definition) is 2. The number of carbonyl (C=O) groups is 1. The van der Waals surface area contributed by atoms with Crippen molar-refractivity contribution in [3.8, 4) is 0 Å². The van der Waals surface area contributed by atoms with Gasteiger partial charge < -0.3 is 10.5 Å². The second kappa shape index (κ2) is 6.93. The molecule has 0 aliphatic carbocycles. The maximum absolute atomic E-state index is 14.6. The summed E-state index contributed by atoms with van der Waals surface area (Å²) in [5, 5.41) is 2.67. The molecule has 0 fully saturated rings. The van der Waals surface area contributed by atoms with E-state index in [2.05, 4.69) is 19.7 Å². The summed E-state index contributed by atoms with van der Waals surface area (Å²) in [6.45, 7) is 9.07. The summed E-state index contributed by atoms with van der Waals surface area (Å²) in [5.74, 6) is -0.311. The molecule has 0 saturated heterocycles. The molecule has 0 aromatic carbocycles. The van der Waals surface area contributed by atoms with Crippen molar-refractivity contribution in [2.24, 2.45) is 9.36 Å². The number of amides is 1. The molecule has 1 aromatic rings. The van der Waals surface area contributed by atoms with Crippen molar-refractivity contribution < 1.29 is 18.1 Å². The number of anilines is 1. The van der Waals surface area contributed by atoms with E-state index in [1.54, 1.807) is 34.6 Å².